The average molecular weight is 178 g/mol. The molecule has 0 unspecified atom stereocenters. The molecule has 0 saturated carbocycles. The van der Waals surface area contributed by atoms with E-state index in [0.29, 0.717) is 11.3 Å². The molecule has 1 heterocycles. The molecule has 0 atom stereocenters. The SMILES string of the molecule is CC(C)(C)C(=O)c1cnccc1N. The van der Waals surface area contributed by atoms with Crippen LogP contribution in [0, 0.1) is 5.41 Å². The van der Waals surface area contributed by atoms with E-state index >= 15 is 0 Å². The maximum absolute atomic E-state index is 11.8. The van der Waals surface area contributed by atoms with E-state index in [2.05, 4.69) is 4.98 Å². The minimum Gasteiger partial charge on any atom is -0.398 e. The first-order chi connectivity index (χ1) is 5.93. The van der Waals surface area contributed by atoms with Gasteiger partial charge in [0.05, 0.1) is 5.56 Å². The van der Waals surface area contributed by atoms with Gasteiger partial charge in [0.25, 0.3) is 0 Å². The van der Waals surface area contributed by atoms with Crippen molar-refractivity contribution in [3.05, 3.63) is 24.0 Å². The second kappa shape index (κ2) is 3.17. The second-order valence-electron chi connectivity index (χ2n) is 4.04. The number of carbonyl (C=O) groups is 1. The Morgan fingerprint density at radius 1 is 1.46 bits per heavy atom. The highest BCUT2D eigenvalue weighted by Gasteiger charge is 2.24. The highest BCUT2D eigenvalue weighted by atomic mass is 16.1. The first-order valence-corrected chi connectivity index (χ1v) is 4.17. The van der Waals surface area contributed by atoms with E-state index in [-0.39, 0.29) is 5.78 Å². The topological polar surface area (TPSA) is 56.0 Å². The van der Waals surface area contributed by atoms with Crippen molar-refractivity contribution in [3.63, 3.8) is 0 Å². The van der Waals surface area contributed by atoms with Crippen LogP contribution in [-0.2, 0) is 0 Å². The summed E-state index contributed by atoms with van der Waals surface area (Å²) in [6, 6.07) is 1.64. The van der Waals surface area contributed by atoms with Crippen LogP contribution < -0.4 is 5.73 Å². The summed E-state index contributed by atoms with van der Waals surface area (Å²) < 4.78 is 0. The molecular weight excluding hydrogens is 164 g/mol. The Morgan fingerprint density at radius 3 is 2.54 bits per heavy atom. The number of carbonyl (C=O) groups excluding carboxylic acids is 1. The Morgan fingerprint density at radius 2 is 2.08 bits per heavy atom. The Bertz CT molecular complexity index is 326. The van der Waals surface area contributed by atoms with Crippen LogP contribution in [0.2, 0.25) is 0 Å². The van der Waals surface area contributed by atoms with Gasteiger partial charge in [-0.2, -0.15) is 0 Å². The smallest absolute Gasteiger partial charge is 0.171 e. The molecule has 2 N–H and O–H groups in total. The molecule has 0 spiro atoms. The number of anilines is 1. The van der Waals surface area contributed by atoms with Crippen LogP contribution in [0.15, 0.2) is 18.5 Å². The average Bonchev–Trinajstić information content (AvgIpc) is 2.02. The van der Waals surface area contributed by atoms with Crippen molar-refractivity contribution in [1.29, 1.82) is 0 Å². The van der Waals surface area contributed by atoms with Crippen molar-refractivity contribution in [2.45, 2.75) is 20.8 Å². The highest BCUT2D eigenvalue weighted by molar-refractivity contribution is 6.03. The zero-order valence-corrected chi connectivity index (χ0v) is 8.16. The number of ketones is 1. The number of hydrogen-bond donors (Lipinski definition) is 1. The summed E-state index contributed by atoms with van der Waals surface area (Å²) in [6.07, 6.45) is 3.09. The van der Waals surface area contributed by atoms with Gasteiger partial charge in [0.2, 0.25) is 0 Å². The first kappa shape index (κ1) is 9.71. The molecule has 70 valence electrons. The Balaban J connectivity index is 3.10. The van der Waals surface area contributed by atoms with Crippen molar-refractivity contribution < 1.29 is 4.79 Å². The second-order valence-corrected chi connectivity index (χ2v) is 4.04. The maximum Gasteiger partial charge on any atom is 0.171 e. The van der Waals surface area contributed by atoms with Crippen LogP contribution in [0.5, 0.6) is 0 Å². The zero-order valence-electron chi connectivity index (χ0n) is 8.16. The minimum atomic E-state index is -0.406. The molecule has 1 aromatic rings. The van der Waals surface area contributed by atoms with Crippen LogP contribution in [0.3, 0.4) is 0 Å². The van der Waals surface area contributed by atoms with Crippen molar-refractivity contribution in [2.24, 2.45) is 5.41 Å². The van der Waals surface area contributed by atoms with Crippen LogP contribution in [0.25, 0.3) is 0 Å². The lowest BCUT2D eigenvalue weighted by Crippen LogP contribution is -2.21. The predicted molar refractivity (Wildman–Crippen MR) is 52.4 cm³/mol. The zero-order chi connectivity index (χ0) is 10.1. The summed E-state index contributed by atoms with van der Waals surface area (Å²) in [6.45, 7) is 5.59. The third kappa shape index (κ3) is 2.05. The minimum absolute atomic E-state index is 0.0260. The summed E-state index contributed by atoms with van der Waals surface area (Å²) in [5, 5.41) is 0. The van der Waals surface area contributed by atoms with Crippen molar-refractivity contribution in [3.8, 4) is 0 Å². The van der Waals surface area contributed by atoms with Gasteiger partial charge in [-0.3, -0.25) is 9.78 Å². The molecule has 1 rings (SSSR count). The van der Waals surface area contributed by atoms with Gasteiger partial charge in [0.15, 0.2) is 5.78 Å². The lowest BCUT2D eigenvalue weighted by Gasteiger charge is -2.17. The lowest BCUT2D eigenvalue weighted by molar-refractivity contribution is 0.0859. The van der Waals surface area contributed by atoms with Gasteiger partial charge in [-0.15, -0.1) is 0 Å². The molecular formula is C10H14N2O. The van der Waals surface area contributed by atoms with Crippen molar-refractivity contribution >= 4 is 11.5 Å². The van der Waals surface area contributed by atoms with Gasteiger partial charge in [-0.05, 0) is 6.07 Å². The van der Waals surface area contributed by atoms with E-state index in [1.807, 2.05) is 20.8 Å². The number of nitrogens with two attached hydrogens (primary N) is 1. The van der Waals surface area contributed by atoms with E-state index in [0.717, 1.165) is 0 Å². The molecule has 0 saturated heterocycles. The number of nitrogen functional groups attached to an aromatic ring is 1. The molecule has 0 fully saturated rings. The summed E-state index contributed by atoms with van der Waals surface area (Å²) in [5.74, 6) is 0.0260. The van der Waals surface area contributed by atoms with Crippen molar-refractivity contribution in [2.75, 3.05) is 5.73 Å². The number of aromatic nitrogens is 1. The van der Waals surface area contributed by atoms with Gasteiger partial charge in [0, 0.05) is 23.5 Å². The summed E-state index contributed by atoms with van der Waals surface area (Å²) in [7, 11) is 0. The Hall–Kier alpha value is -1.38. The molecule has 0 bridgehead atoms. The number of rotatable bonds is 1. The fourth-order valence-electron chi connectivity index (χ4n) is 0.999. The fourth-order valence-corrected chi connectivity index (χ4v) is 0.999. The molecule has 0 radical (unpaired) electrons. The number of nitrogens with zero attached hydrogens (tertiary/aromatic N) is 1. The van der Waals surface area contributed by atoms with Crippen LogP contribution in [0.4, 0.5) is 5.69 Å². The van der Waals surface area contributed by atoms with Gasteiger partial charge < -0.3 is 5.73 Å². The van der Waals surface area contributed by atoms with Crippen molar-refractivity contribution in [1.82, 2.24) is 4.98 Å². The third-order valence-electron chi connectivity index (χ3n) is 1.78. The molecule has 3 heteroatoms. The predicted octanol–water partition coefficient (Wildman–Crippen LogP) is 1.89. The van der Waals surface area contributed by atoms with E-state index in [1.54, 1.807) is 12.3 Å². The maximum atomic E-state index is 11.8. The number of pyridine rings is 1. The number of hydrogen-bond acceptors (Lipinski definition) is 3. The molecule has 1 aromatic heterocycles. The monoisotopic (exact) mass is 178 g/mol. The normalized spacial score (nSPS) is 11.3. The van der Waals surface area contributed by atoms with E-state index in [1.165, 1.54) is 6.20 Å². The number of Topliss-reactive ketones (excluding diaryl/α,β-unsaturated/α-hetero) is 1. The summed E-state index contributed by atoms with van der Waals surface area (Å²) in [5.41, 5.74) is 6.26. The van der Waals surface area contributed by atoms with Gasteiger partial charge >= 0.3 is 0 Å². The third-order valence-corrected chi connectivity index (χ3v) is 1.78. The van der Waals surface area contributed by atoms with E-state index in [4.69, 9.17) is 5.73 Å². The molecule has 0 aliphatic rings. The first-order valence-electron chi connectivity index (χ1n) is 4.17. The largest absolute Gasteiger partial charge is 0.398 e. The Labute approximate surface area is 78.0 Å². The molecule has 0 aliphatic carbocycles. The van der Waals surface area contributed by atoms with E-state index < -0.39 is 5.41 Å². The molecule has 0 amide bonds. The summed E-state index contributed by atoms with van der Waals surface area (Å²) >= 11 is 0. The highest BCUT2D eigenvalue weighted by Crippen LogP contribution is 2.23. The molecule has 0 aliphatic heterocycles. The van der Waals surface area contributed by atoms with Crippen LogP contribution >= 0.6 is 0 Å². The quantitative estimate of drug-likeness (QED) is 0.668. The molecule has 13 heavy (non-hydrogen) atoms. The van der Waals surface area contributed by atoms with Gasteiger partial charge in [-0.1, -0.05) is 20.8 Å². The molecule has 0 aromatic carbocycles. The lowest BCUT2D eigenvalue weighted by atomic mass is 9.86. The fraction of sp³-hybridized carbons (Fsp3) is 0.400. The summed E-state index contributed by atoms with van der Waals surface area (Å²) in [4.78, 5) is 15.6. The van der Waals surface area contributed by atoms with Gasteiger partial charge in [-0.25, -0.2) is 0 Å². The van der Waals surface area contributed by atoms with Crippen LogP contribution in [0.1, 0.15) is 31.1 Å². The standard InChI is InChI=1S/C10H14N2O/c1-10(2,3)9(13)7-6-12-5-4-8(7)11/h4-6H,1-3H3,(H2,11,12). The molecule has 3 nitrogen and oxygen atoms in total. The van der Waals surface area contributed by atoms with E-state index in [9.17, 15) is 4.79 Å². The van der Waals surface area contributed by atoms with Gasteiger partial charge in [0.1, 0.15) is 0 Å². The van der Waals surface area contributed by atoms with Crippen LogP contribution in [-0.4, -0.2) is 10.8 Å². The Kier molecular flexibility index (Phi) is 2.36.